The topological polar surface area (TPSA) is 97.5 Å². The zero-order valence-electron chi connectivity index (χ0n) is 19.3. The van der Waals surface area contributed by atoms with Crippen molar-refractivity contribution in [3.05, 3.63) is 59.5 Å². The lowest BCUT2D eigenvalue weighted by Crippen LogP contribution is -2.38. The Kier molecular flexibility index (Phi) is 8.60. The molecular formula is C24H32N6O2. The van der Waals surface area contributed by atoms with Gasteiger partial charge in [-0.15, -0.1) is 0 Å². The first-order chi connectivity index (χ1) is 15.6. The van der Waals surface area contributed by atoms with E-state index in [9.17, 15) is 0 Å². The van der Waals surface area contributed by atoms with Gasteiger partial charge in [0.05, 0.1) is 12.6 Å². The van der Waals surface area contributed by atoms with Gasteiger partial charge >= 0.3 is 0 Å². The Hall–Kier alpha value is -3.42. The van der Waals surface area contributed by atoms with Gasteiger partial charge in [0.25, 0.3) is 5.89 Å². The molecule has 2 aromatic heterocycles. The summed E-state index contributed by atoms with van der Waals surface area (Å²) in [6, 6.07) is 11.8. The van der Waals surface area contributed by atoms with E-state index in [1.165, 1.54) is 5.56 Å². The highest BCUT2D eigenvalue weighted by Crippen LogP contribution is 2.23. The molecule has 3 rings (SSSR count). The lowest BCUT2D eigenvalue weighted by molar-refractivity contribution is 0.215. The van der Waals surface area contributed by atoms with Crippen LogP contribution < -0.4 is 15.4 Å². The van der Waals surface area contributed by atoms with Crippen molar-refractivity contribution in [1.29, 1.82) is 0 Å². The molecular weight excluding hydrogens is 404 g/mol. The van der Waals surface area contributed by atoms with Crippen molar-refractivity contribution in [2.75, 3.05) is 13.1 Å². The summed E-state index contributed by atoms with van der Waals surface area (Å²) < 4.78 is 11.4. The lowest BCUT2D eigenvalue weighted by Gasteiger charge is -2.17. The summed E-state index contributed by atoms with van der Waals surface area (Å²) in [6.07, 6.45) is 3.43. The van der Waals surface area contributed by atoms with Crippen molar-refractivity contribution in [2.45, 2.75) is 53.2 Å². The number of benzene rings is 1. The minimum atomic E-state index is 0.164. The van der Waals surface area contributed by atoms with Crippen molar-refractivity contribution >= 4 is 5.96 Å². The number of hydrogen-bond acceptors (Lipinski definition) is 6. The highest BCUT2D eigenvalue weighted by Gasteiger charge is 2.10. The third kappa shape index (κ3) is 6.80. The first-order valence-electron chi connectivity index (χ1n) is 11.1. The Morgan fingerprint density at radius 3 is 2.81 bits per heavy atom. The summed E-state index contributed by atoms with van der Waals surface area (Å²) in [7, 11) is 0. The number of aryl methyl sites for hydroxylation is 1. The number of nitrogens with zero attached hydrogens (tertiary/aromatic N) is 4. The lowest BCUT2D eigenvalue weighted by atomic mass is 10.1. The standard InChI is InChI=1S/C24H32N6O2/c1-5-18(4)31-21-15-17(3)10-11-19(21)16-28-24(25-6-2)27-14-12-22-29-23(32-30-22)20-9-7-8-13-26-20/h7-11,13,15,18H,5-6,12,14,16H2,1-4H3,(H2,25,27,28). The van der Waals surface area contributed by atoms with Gasteiger partial charge in [-0.3, -0.25) is 4.98 Å². The van der Waals surface area contributed by atoms with E-state index in [1.54, 1.807) is 6.20 Å². The molecule has 8 heteroatoms. The fraction of sp³-hybridized carbons (Fsp3) is 0.417. The zero-order chi connectivity index (χ0) is 22.8. The fourth-order valence-electron chi connectivity index (χ4n) is 2.95. The average molecular weight is 437 g/mol. The molecule has 1 unspecified atom stereocenters. The molecule has 0 aliphatic carbocycles. The number of pyridine rings is 1. The third-order valence-electron chi connectivity index (χ3n) is 4.87. The SMILES string of the molecule is CCNC(=NCc1ccc(C)cc1OC(C)CC)NCCc1noc(-c2ccccn2)n1. The van der Waals surface area contributed by atoms with Gasteiger partial charge in [0.15, 0.2) is 11.8 Å². The van der Waals surface area contributed by atoms with Gasteiger partial charge in [-0.05, 0) is 51.0 Å². The van der Waals surface area contributed by atoms with Crippen molar-refractivity contribution in [2.24, 2.45) is 4.99 Å². The molecule has 170 valence electrons. The molecule has 0 fully saturated rings. The van der Waals surface area contributed by atoms with Crippen molar-refractivity contribution in [3.63, 3.8) is 0 Å². The molecule has 3 aromatic rings. The Labute approximate surface area is 189 Å². The summed E-state index contributed by atoms with van der Waals surface area (Å²) in [5, 5.41) is 10.7. The Morgan fingerprint density at radius 1 is 1.19 bits per heavy atom. The van der Waals surface area contributed by atoms with Crippen molar-refractivity contribution in [1.82, 2.24) is 25.8 Å². The van der Waals surface area contributed by atoms with Crippen LogP contribution in [0, 0.1) is 6.92 Å². The van der Waals surface area contributed by atoms with Gasteiger partial charge in [-0.2, -0.15) is 4.98 Å². The predicted octanol–water partition coefficient (Wildman–Crippen LogP) is 3.92. The molecule has 2 heterocycles. The number of rotatable bonds is 10. The average Bonchev–Trinajstić information content (AvgIpc) is 3.28. The van der Waals surface area contributed by atoms with Crippen LogP contribution in [-0.4, -0.2) is 40.3 Å². The van der Waals surface area contributed by atoms with Crippen molar-refractivity contribution in [3.8, 4) is 17.3 Å². The van der Waals surface area contributed by atoms with Crippen LogP contribution in [0.25, 0.3) is 11.6 Å². The number of nitrogens with one attached hydrogen (secondary N) is 2. The van der Waals surface area contributed by atoms with Gasteiger partial charge in [-0.25, -0.2) is 4.99 Å². The van der Waals surface area contributed by atoms with E-state index < -0.39 is 0 Å². The van der Waals surface area contributed by atoms with Crippen LogP contribution in [0.3, 0.4) is 0 Å². The number of aliphatic imine (C=N–C) groups is 1. The summed E-state index contributed by atoms with van der Waals surface area (Å²) in [5.41, 5.74) is 2.90. The highest BCUT2D eigenvalue weighted by atomic mass is 16.5. The molecule has 0 radical (unpaired) electrons. The first-order valence-corrected chi connectivity index (χ1v) is 11.1. The Bertz CT molecular complexity index is 1000. The molecule has 32 heavy (non-hydrogen) atoms. The monoisotopic (exact) mass is 436 g/mol. The van der Waals surface area contributed by atoms with Crippen LogP contribution in [0.5, 0.6) is 5.75 Å². The van der Waals surface area contributed by atoms with Gasteiger partial charge in [-0.1, -0.05) is 30.3 Å². The maximum Gasteiger partial charge on any atom is 0.276 e. The van der Waals surface area contributed by atoms with Gasteiger partial charge in [0, 0.05) is 31.3 Å². The molecule has 0 spiro atoms. The second kappa shape index (κ2) is 11.8. The first kappa shape index (κ1) is 23.2. The summed E-state index contributed by atoms with van der Waals surface area (Å²) in [5.74, 6) is 2.68. The van der Waals surface area contributed by atoms with Crippen LogP contribution in [-0.2, 0) is 13.0 Å². The van der Waals surface area contributed by atoms with E-state index in [4.69, 9.17) is 14.3 Å². The van der Waals surface area contributed by atoms with E-state index in [0.29, 0.717) is 36.9 Å². The Balaban J connectivity index is 1.59. The van der Waals surface area contributed by atoms with Crippen LogP contribution in [0.2, 0.25) is 0 Å². The fourth-order valence-corrected chi connectivity index (χ4v) is 2.95. The molecule has 0 saturated heterocycles. The largest absolute Gasteiger partial charge is 0.490 e. The summed E-state index contributed by atoms with van der Waals surface area (Å²) in [4.78, 5) is 13.4. The quantitative estimate of drug-likeness (QED) is 0.367. The second-order valence-corrected chi connectivity index (χ2v) is 7.55. The molecule has 1 aromatic carbocycles. The molecule has 8 nitrogen and oxygen atoms in total. The van der Waals surface area contributed by atoms with E-state index in [1.807, 2.05) is 25.1 Å². The Morgan fingerprint density at radius 2 is 2.06 bits per heavy atom. The minimum absolute atomic E-state index is 0.164. The zero-order valence-corrected chi connectivity index (χ0v) is 19.3. The predicted molar refractivity (Wildman–Crippen MR) is 126 cm³/mol. The van der Waals surface area contributed by atoms with E-state index in [-0.39, 0.29) is 6.10 Å². The van der Waals surface area contributed by atoms with Crippen molar-refractivity contribution < 1.29 is 9.26 Å². The normalized spacial score (nSPS) is 12.4. The molecule has 0 saturated carbocycles. The summed E-state index contributed by atoms with van der Waals surface area (Å²) in [6.45, 7) is 10.2. The van der Waals surface area contributed by atoms with Gasteiger partial charge in [0.2, 0.25) is 0 Å². The molecule has 0 bridgehead atoms. The number of ether oxygens (including phenoxy) is 1. The molecule has 0 aliphatic rings. The number of aromatic nitrogens is 3. The van der Waals surface area contributed by atoms with E-state index >= 15 is 0 Å². The van der Waals surface area contributed by atoms with Crippen LogP contribution in [0.4, 0.5) is 0 Å². The van der Waals surface area contributed by atoms with Gasteiger partial charge < -0.3 is 19.9 Å². The maximum atomic E-state index is 6.10. The number of hydrogen-bond donors (Lipinski definition) is 2. The molecule has 1 atom stereocenters. The third-order valence-corrected chi connectivity index (χ3v) is 4.87. The maximum absolute atomic E-state index is 6.10. The van der Waals surface area contributed by atoms with Gasteiger partial charge in [0.1, 0.15) is 11.4 Å². The van der Waals surface area contributed by atoms with Crippen LogP contribution in [0.1, 0.15) is 44.1 Å². The second-order valence-electron chi connectivity index (χ2n) is 7.55. The van der Waals surface area contributed by atoms with Crippen LogP contribution >= 0.6 is 0 Å². The smallest absolute Gasteiger partial charge is 0.276 e. The summed E-state index contributed by atoms with van der Waals surface area (Å²) >= 11 is 0. The van der Waals surface area contributed by atoms with Crippen LogP contribution in [0.15, 0.2) is 52.1 Å². The van der Waals surface area contributed by atoms with E-state index in [0.717, 1.165) is 30.2 Å². The number of guanidine groups is 1. The minimum Gasteiger partial charge on any atom is -0.490 e. The molecule has 0 aliphatic heterocycles. The molecule has 0 amide bonds. The van der Waals surface area contributed by atoms with E-state index in [2.05, 4.69) is 64.7 Å². The highest BCUT2D eigenvalue weighted by molar-refractivity contribution is 5.79. The molecule has 2 N–H and O–H groups in total.